The molecule has 0 saturated heterocycles. The first kappa shape index (κ1) is 28.9. The van der Waals surface area contributed by atoms with Gasteiger partial charge in [0.2, 0.25) is 0 Å². The molecule has 0 aromatic heterocycles. The van der Waals surface area contributed by atoms with Crippen LogP contribution >= 0.6 is 0 Å². The fraction of sp³-hybridized carbons (Fsp3) is 0.840. The van der Waals surface area contributed by atoms with Crippen molar-refractivity contribution < 1.29 is 18.8 Å². The van der Waals surface area contributed by atoms with Gasteiger partial charge in [-0.2, -0.15) is 0 Å². The summed E-state index contributed by atoms with van der Waals surface area (Å²) in [6.07, 6.45) is 14.7. The van der Waals surface area contributed by atoms with Gasteiger partial charge in [-0.05, 0) is 25.1 Å². The van der Waals surface area contributed by atoms with E-state index in [0.29, 0.717) is 5.57 Å². The first-order valence-electron chi connectivity index (χ1n) is 12.4. The first-order valence-corrected chi connectivity index (χ1v) is 15.0. The summed E-state index contributed by atoms with van der Waals surface area (Å²) < 4.78 is 11.4. The molecular formula is C25H48O4Si. The minimum absolute atomic E-state index is 0.0799. The zero-order valence-corrected chi connectivity index (χ0v) is 21.4. The lowest BCUT2D eigenvalue weighted by Crippen LogP contribution is -2.40. The van der Waals surface area contributed by atoms with Crippen LogP contribution in [0.15, 0.2) is 12.2 Å². The molecule has 0 atom stereocenters. The predicted octanol–water partition coefficient (Wildman–Crippen LogP) is 7.73. The molecule has 0 fully saturated rings. The van der Waals surface area contributed by atoms with Crippen LogP contribution in [0.5, 0.6) is 0 Å². The van der Waals surface area contributed by atoms with Crippen LogP contribution in [0.3, 0.4) is 0 Å². The van der Waals surface area contributed by atoms with Crippen molar-refractivity contribution in [2.75, 3.05) is 6.61 Å². The first-order chi connectivity index (χ1) is 14.4. The summed E-state index contributed by atoms with van der Waals surface area (Å²) in [4.78, 5) is 24.2. The van der Waals surface area contributed by atoms with Gasteiger partial charge in [-0.1, -0.05) is 104 Å². The Kier molecular flexibility index (Phi) is 18.0. The molecule has 4 nitrogen and oxygen atoms in total. The Morgan fingerprint density at radius 1 is 0.733 bits per heavy atom. The van der Waals surface area contributed by atoms with E-state index in [0.717, 1.165) is 18.1 Å². The normalized spacial score (nSPS) is 11.3. The van der Waals surface area contributed by atoms with Crippen molar-refractivity contribution in [2.24, 2.45) is 0 Å². The monoisotopic (exact) mass is 440 g/mol. The summed E-state index contributed by atoms with van der Waals surface area (Å²) in [5.41, 5.74) is 0.356. The van der Waals surface area contributed by atoms with E-state index < -0.39 is 14.3 Å². The quantitative estimate of drug-likeness (QED) is 0.0841. The fourth-order valence-corrected chi connectivity index (χ4v) is 8.12. The van der Waals surface area contributed by atoms with Gasteiger partial charge in [-0.3, -0.25) is 4.79 Å². The minimum Gasteiger partial charge on any atom is -0.519 e. The van der Waals surface area contributed by atoms with Crippen LogP contribution in [0.1, 0.15) is 111 Å². The second-order valence-electron chi connectivity index (χ2n) is 8.76. The second-order valence-corrected chi connectivity index (χ2v) is 12.8. The van der Waals surface area contributed by atoms with E-state index in [2.05, 4.69) is 27.4 Å². The van der Waals surface area contributed by atoms with Crippen LogP contribution in [-0.2, 0) is 18.8 Å². The number of hydrogen-bond acceptors (Lipinski definition) is 4. The Morgan fingerprint density at radius 2 is 1.17 bits per heavy atom. The third-order valence-electron chi connectivity index (χ3n) is 5.68. The Hall–Kier alpha value is -1.10. The number of rotatable bonds is 20. The SMILES string of the molecule is C=C(C)C(=O)OCCC(=O)O[Si](CCCCCC)(CCCCCC)CCCCCC. The van der Waals surface area contributed by atoms with Crippen molar-refractivity contribution in [1.29, 1.82) is 0 Å². The minimum atomic E-state index is -2.12. The summed E-state index contributed by atoms with van der Waals surface area (Å²) in [5.74, 6) is -0.623. The van der Waals surface area contributed by atoms with Crippen LogP contribution in [0.2, 0.25) is 18.1 Å². The van der Waals surface area contributed by atoms with Gasteiger partial charge in [0.05, 0.1) is 6.42 Å². The lowest BCUT2D eigenvalue weighted by Gasteiger charge is -2.32. The molecule has 0 heterocycles. The lowest BCUT2D eigenvalue weighted by molar-refractivity contribution is -0.142. The maximum absolute atomic E-state index is 12.7. The molecule has 0 aromatic carbocycles. The average molecular weight is 441 g/mol. The van der Waals surface area contributed by atoms with Gasteiger partial charge in [0.15, 0.2) is 0 Å². The summed E-state index contributed by atoms with van der Waals surface area (Å²) in [7, 11) is -2.12. The molecule has 0 aromatic rings. The predicted molar refractivity (Wildman–Crippen MR) is 129 cm³/mol. The van der Waals surface area contributed by atoms with E-state index in [9.17, 15) is 9.59 Å². The van der Waals surface area contributed by atoms with Crippen LogP contribution in [0, 0.1) is 0 Å². The molecule has 0 aliphatic carbocycles. The number of carbonyl (C=O) groups excluding carboxylic acids is 2. The molecule has 0 rings (SSSR count). The third-order valence-corrected chi connectivity index (χ3v) is 10.1. The molecule has 0 bridgehead atoms. The molecule has 0 amide bonds. The average Bonchev–Trinajstić information content (AvgIpc) is 2.71. The Labute approximate surface area is 187 Å². The van der Waals surface area contributed by atoms with Gasteiger partial charge in [0.25, 0.3) is 14.3 Å². The van der Waals surface area contributed by atoms with E-state index in [4.69, 9.17) is 9.16 Å². The topological polar surface area (TPSA) is 52.6 Å². The molecule has 0 saturated carbocycles. The van der Waals surface area contributed by atoms with Crippen molar-refractivity contribution >= 4 is 20.3 Å². The molecule has 0 aliphatic heterocycles. The van der Waals surface area contributed by atoms with E-state index in [1.54, 1.807) is 6.92 Å². The van der Waals surface area contributed by atoms with Crippen LogP contribution in [0.25, 0.3) is 0 Å². The van der Waals surface area contributed by atoms with Crippen molar-refractivity contribution in [1.82, 2.24) is 0 Å². The number of ether oxygens (including phenoxy) is 1. The summed E-state index contributed by atoms with van der Waals surface area (Å²) in [6.45, 7) is 12.0. The number of esters is 1. The molecule has 0 N–H and O–H groups in total. The maximum Gasteiger partial charge on any atom is 0.333 e. The number of unbranched alkanes of at least 4 members (excludes halogenated alkanes) is 9. The van der Waals surface area contributed by atoms with Gasteiger partial charge >= 0.3 is 5.97 Å². The molecule has 0 radical (unpaired) electrons. The van der Waals surface area contributed by atoms with Crippen LogP contribution in [0.4, 0.5) is 0 Å². The Morgan fingerprint density at radius 3 is 1.53 bits per heavy atom. The van der Waals surface area contributed by atoms with E-state index in [-0.39, 0.29) is 19.0 Å². The standard InChI is InChI=1S/C25H48O4Si/c1-6-9-12-15-20-30(21-16-13-10-7-2,22-17-14-11-8-3)29-24(26)18-19-28-25(27)23(4)5/h4,6-22H2,1-3,5H3. The van der Waals surface area contributed by atoms with Crippen molar-refractivity contribution in [3.8, 4) is 0 Å². The number of carbonyl (C=O) groups is 2. The van der Waals surface area contributed by atoms with Gasteiger partial charge in [-0.25, -0.2) is 4.79 Å². The van der Waals surface area contributed by atoms with Crippen LogP contribution in [-0.4, -0.2) is 26.9 Å². The third kappa shape index (κ3) is 14.8. The van der Waals surface area contributed by atoms with Gasteiger partial charge in [0, 0.05) is 5.57 Å². The molecule has 5 heteroatoms. The highest BCUT2D eigenvalue weighted by molar-refractivity contribution is 6.75. The highest BCUT2D eigenvalue weighted by atomic mass is 28.4. The molecule has 176 valence electrons. The maximum atomic E-state index is 12.7. The molecular weight excluding hydrogens is 392 g/mol. The van der Waals surface area contributed by atoms with Crippen molar-refractivity contribution in [3.63, 3.8) is 0 Å². The molecule has 0 spiro atoms. The zero-order chi connectivity index (χ0) is 22.7. The summed E-state index contributed by atoms with van der Waals surface area (Å²) in [5, 5.41) is 0. The van der Waals surface area contributed by atoms with E-state index in [1.165, 1.54) is 77.0 Å². The Bertz CT molecular complexity index is 444. The molecule has 30 heavy (non-hydrogen) atoms. The number of hydrogen-bond donors (Lipinski definition) is 0. The van der Waals surface area contributed by atoms with Gasteiger partial charge in [-0.15, -0.1) is 0 Å². The van der Waals surface area contributed by atoms with Crippen LogP contribution < -0.4 is 0 Å². The largest absolute Gasteiger partial charge is 0.519 e. The van der Waals surface area contributed by atoms with Crippen molar-refractivity contribution in [2.45, 2.75) is 129 Å². The summed E-state index contributed by atoms with van der Waals surface area (Å²) in [6, 6.07) is 3.26. The zero-order valence-electron chi connectivity index (χ0n) is 20.4. The van der Waals surface area contributed by atoms with Gasteiger partial charge in [0.1, 0.15) is 6.61 Å². The highest BCUT2D eigenvalue weighted by Gasteiger charge is 2.37. The van der Waals surface area contributed by atoms with E-state index >= 15 is 0 Å². The molecule has 0 aliphatic rings. The smallest absolute Gasteiger partial charge is 0.333 e. The molecule has 0 unspecified atom stereocenters. The fourth-order valence-electron chi connectivity index (χ4n) is 3.79. The second kappa shape index (κ2) is 18.6. The highest BCUT2D eigenvalue weighted by Crippen LogP contribution is 2.31. The Balaban J connectivity index is 4.99. The van der Waals surface area contributed by atoms with Gasteiger partial charge < -0.3 is 9.16 Å². The lowest BCUT2D eigenvalue weighted by atomic mass is 10.2. The van der Waals surface area contributed by atoms with Crippen molar-refractivity contribution in [3.05, 3.63) is 12.2 Å². The summed E-state index contributed by atoms with van der Waals surface area (Å²) >= 11 is 0. The van der Waals surface area contributed by atoms with E-state index in [1.807, 2.05) is 0 Å².